The van der Waals surface area contributed by atoms with Crippen molar-refractivity contribution in [3.63, 3.8) is 0 Å². The van der Waals surface area contributed by atoms with E-state index in [1.807, 2.05) is 31.2 Å². The maximum absolute atomic E-state index is 13.7. The highest BCUT2D eigenvalue weighted by molar-refractivity contribution is 5.96. The standard InChI is InChI=1S/C21H24FNO2.C3H6O3/c1-16-7-5-11-19(13-16)23(20-12-6-10-18(22)14-20)21(24)25-15-17-8-3-2-4-9-17;1-6-2-3(4)5/h5-7,10-14,17H,2-4,8-9,15H2,1H3;2H2,1H3,(H,4,5). The van der Waals surface area contributed by atoms with Crippen molar-refractivity contribution in [2.24, 2.45) is 5.92 Å². The van der Waals surface area contributed by atoms with Crippen LogP contribution in [0.1, 0.15) is 37.7 Å². The van der Waals surface area contributed by atoms with Gasteiger partial charge in [0.2, 0.25) is 0 Å². The number of halogens is 1. The van der Waals surface area contributed by atoms with E-state index in [1.165, 1.54) is 43.4 Å². The fourth-order valence-corrected chi connectivity index (χ4v) is 3.47. The number of nitrogens with zero attached hydrogens (tertiary/aromatic N) is 1. The Labute approximate surface area is 182 Å². The molecule has 2 aromatic carbocycles. The molecule has 1 aliphatic rings. The van der Waals surface area contributed by atoms with E-state index < -0.39 is 12.1 Å². The average molecular weight is 432 g/mol. The van der Waals surface area contributed by atoms with Gasteiger partial charge >= 0.3 is 12.1 Å². The molecule has 168 valence electrons. The van der Waals surface area contributed by atoms with Crippen LogP contribution in [0.5, 0.6) is 0 Å². The molecule has 0 radical (unpaired) electrons. The predicted octanol–water partition coefficient (Wildman–Crippen LogP) is 5.71. The van der Waals surface area contributed by atoms with Gasteiger partial charge in [0.15, 0.2) is 0 Å². The Hall–Kier alpha value is -2.93. The first-order valence-electron chi connectivity index (χ1n) is 10.4. The fraction of sp³-hybridized carbons (Fsp3) is 0.417. The highest BCUT2D eigenvalue weighted by atomic mass is 19.1. The first-order chi connectivity index (χ1) is 14.9. The summed E-state index contributed by atoms with van der Waals surface area (Å²) in [5.74, 6) is -0.877. The van der Waals surface area contributed by atoms with E-state index in [9.17, 15) is 14.0 Å². The number of aliphatic carboxylic acids is 1. The molecule has 1 aliphatic carbocycles. The van der Waals surface area contributed by atoms with E-state index in [4.69, 9.17) is 9.84 Å². The zero-order chi connectivity index (χ0) is 22.6. The number of benzene rings is 2. The molecule has 0 aliphatic heterocycles. The van der Waals surface area contributed by atoms with Gasteiger partial charge in [-0.1, -0.05) is 37.5 Å². The van der Waals surface area contributed by atoms with E-state index in [0.29, 0.717) is 23.9 Å². The van der Waals surface area contributed by atoms with Crippen LogP contribution in [0.3, 0.4) is 0 Å². The number of hydrogen-bond acceptors (Lipinski definition) is 4. The van der Waals surface area contributed by atoms with Crippen molar-refractivity contribution in [3.8, 4) is 0 Å². The molecular formula is C24H30FNO5. The molecule has 0 saturated heterocycles. The normalized spacial score (nSPS) is 13.6. The molecule has 0 aromatic heterocycles. The van der Waals surface area contributed by atoms with Crippen LogP contribution in [0, 0.1) is 18.7 Å². The molecule has 31 heavy (non-hydrogen) atoms. The van der Waals surface area contributed by atoms with Crippen LogP contribution in [0.25, 0.3) is 0 Å². The Morgan fingerprint density at radius 3 is 2.26 bits per heavy atom. The summed E-state index contributed by atoms with van der Waals surface area (Å²) in [6.45, 7) is 2.18. The largest absolute Gasteiger partial charge is 0.480 e. The molecule has 1 saturated carbocycles. The van der Waals surface area contributed by atoms with Crippen LogP contribution in [0.15, 0.2) is 48.5 Å². The quantitative estimate of drug-likeness (QED) is 0.634. The lowest BCUT2D eigenvalue weighted by atomic mass is 9.90. The van der Waals surface area contributed by atoms with Crippen LogP contribution >= 0.6 is 0 Å². The minimum atomic E-state index is -0.933. The molecule has 0 unspecified atom stereocenters. The van der Waals surface area contributed by atoms with Gasteiger partial charge in [0.05, 0.1) is 18.0 Å². The Morgan fingerprint density at radius 1 is 1.06 bits per heavy atom. The summed E-state index contributed by atoms with van der Waals surface area (Å²) in [7, 11) is 1.34. The maximum atomic E-state index is 13.7. The number of carbonyl (C=O) groups excluding carboxylic acids is 1. The van der Waals surface area contributed by atoms with Gasteiger partial charge in [-0.05, 0) is 61.6 Å². The lowest BCUT2D eigenvalue weighted by Crippen LogP contribution is -2.29. The maximum Gasteiger partial charge on any atom is 0.418 e. The molecule has 2 aromatic rings. The molecule has 0 bridgehead atoms. The first-order valence-corrected chi connectivity index (χ1v) is 10.4. The topological polar surface area (TPSA) is 76.1 Å². The van der Waals surface area contributed by atoms with Crippen molar-refractivity contribution < 1.29 is 28.6 Å². The monoisotopic (exact) mass is 431 g/mol. The summed E-state index contributed by atoms with van der Waals surface area (Å²) in [5, 5.41) is 7.79. The molecule has 0 atom stereocenters. The van der Waals surface area contributed by atoms with Crippen LogP contribution in [-0.2, 0) is 14.3 Å². The molecular weight excluding hydrogens is 401 g/mol. The van der Waals surface area contributed by atoms with Crippen molar-refractivity contribution in [1.29, 1.82) is 0 Å². The average Bonchev–Trinajstić information content (AvgIpc) is 2.74. The number of rotatable bonds is 6. The third-order valence-electron chi connectivity index (χ3n) is 4.94. The van der Waals surface area contributed by atoms with Crippen LogP contribution < -0.4 is 4.90 Å². The number of amides is 1. The number of carboxylic acids is 1. The summed E-state index contributed by atoms with van der Waals surface area (Å²) in [5.41, 5.74) is 2.18. The number of carboxylic acid groups (broad SMARTS) is 1. The summed E-state index contributed by atoms with van der Waals surface area (Å²) < 4.78 is 23.5. The van der Waals surface area contributed by atoms with Crippen molar-refractivity contribution in [2.75, 3.05) is 25.2 Å². The Bertz CT molecular complexity index is 806. The first kappa shape index (κ1) is 24.3. The minimum Gasteiger partial charge on any atom is -0.480 e. The Morgan fingerprint density at radius 2 is 1.71 bits per heavy atom. The summed E-state index contributed by atoms with van der Waals surface area (Å²) in [6, 6.07) is 13.6. The van der Waals surface area contributed by atoms with E-state index in [1.54, 1.807) is 12.1 Å². The van der Waals surface area contributed by atoms with Crippen LogP contribution in [-0.4, -0.2) is 37.5 Å². The van der Waals surface area contributed by atoms with Crippen molar-refractivity contribution in [3.05, 3.63) is 59.9 Å². The molecule has 7 heteroatoms. The second kappa shape index (κ2) is 12.7. The number of hydrogen-bond donors (Lipinski definition) is 1. The molecule has 0 spiro atoms. The van der Waals surface area contributed by atoms with Gasteiger partial charge in [0.25, 0.3) is 0 Å². The smallest absolute Gasteiger partial charge is 0.418 e. The number of anilines is 2. The molecule has 1 amide bonds. The molecule has 1 fully saturated rings. The van der Waals surface area contributed by atoms with Gasteiger partial charge in [-0.25, -0.2) is 18.9 Å². The number of aryl methyl sites for hydroxylation is 1. The Balaban J connectivity index is 0.000000501. The summed E-state index contributed by atoms with van der Waals surface area (Å²) in [6.07, 6.45) is 5.43. The SMILES string of the molecule is COCC(=O)O.Cc1cccc(N(C(=O)OCC2CCCCC2)c2cccc(F)c2)c1. The summed E-state index contributed by atoms with van der Waals surface area (Å²) >= 11 is 0. The van der Waals surface area contributed by atoms with Gasteiger partial charge in [0, 0.05) is 7.11 Å². The van der Waals surface area contributed by atoms with Gasteiger partial charge in [-0.15, -0.1) is 0 Å². The van der Waals surface area contributed by atoms with Crippen molar-refractivity contribution in [1.82, 2.24) is 0 Å². The fourth-order valence-electron chi connectivity index (χ4n) is 3.47. The van der Waals surface area contributed by atoms with Gasteiger partial charge in [-0.2, -0.15) is 0 Å². The van der Waals surface area contributed by atoms with E-state index in [2.05, 4.69) is 4.74 Å². The van der Waals surface area contributed by atoms with Gasteiger partial charge < -0.3 is 14.6 Å². The molecule has 3 rings (SSSR count). The molecule has 6 nitrogen and oxygen atoms in total. The third kappa shape index (κ3) is 8.38. The van der Waals surface area contributed by atoms with Crippen molar-refractivity contribution in [2.45, 2.75) is 39.0 Å². The predicted molar refractivity (Wildman–Crippen MR) is 117 cm³/mol. The van der Waals surface area contributed by atoms with Crippen molar-refractivity contribution >= 4 is 23.4 Å². The molecule has 1 N–H and O–H groups in total. The second-order valence-electron chi connectivity index (χ2n) is 7.56. The third-order valence-corrected chi connectivity index (χ3v) is 4.94. The lowest BCUT2D eigenvalue weighted by molar-refractivity contribution is -0.141. The number of carbonyl (C=O) groups is 2. The highest BCUT2D eigenvalue weighted by Gasteiger charge is 2.22. The van der Waals surface area contributed by atoms with Crippen LogP contribution in [0.2, 0.25) is 0 Å². The second-order valence-corrected chi connectivity index (χ2v) is 7.56. The van der Waals surface area contributed by atoms with E-state index in [0.717, 1.165) is 18.4 Å². The van der Waals surface area contributed by atoms with Gasteiger partial charge in [-0.3, -0.25) is 0 Å². The van der Waals surface area contributed by atoms with Gasteiger partial charge in [0.1, 0.15) is 12.4 Å². The zero-order valence-corrected chi connectivity index (χ0v) is 18.1. The summed E-state index contributed by atoms with van der Waals surface area (Å²) in [4.78, 5) is 23.7. The highest BCUT2D eigenvalue weighted by Crippen LogP contribution is 2.29. The molecule has 0 heterocycles. The minimum absolute atomic E-state index is 0.208. The number of ether oxygens (including phenoxy) is 2. The Kier molecular flexibility index (Phi) is 9.97. The van der Waals surface area contributed by atoms with Crippen LogP contribution in [0.4, 0.5) is 20.6 Å². The van der Waals surface area contributed by atoms with E-state index >= 15 is 0 Å². The number of methoxy groups -OCH3 is 1. The zero-order valence-electron chi connectivity index (χ0n) is 18.1. The van der Waals surface area contributed by atoms with E-state index in [-0.39, 0.29) is 12.4 Å². The lowest BCUT2D eigenvalue weighted by Gasteiger charge is -2.26.